The van der Waals surface area contributed by atoms with Crippen molar-refractivity contribution in [3.8, 4) is 0 Å². The van der Waals surface area contributed by atoms with Crippen LogP contribution < -0.4 is 16.0 Å². The van der Waals surface area contributed by atoms with Crippen molar-refractivity contribution in [2.75, 3.05) is 37.9 Å². The third-order valence-corrected chi connectivity index (χ3v) is 2.69. The second-order valence-electron chi connectivity index (χ2n) is 4.29. The van der Waals surface area contributed by atoms with Crippen LogP contribution in [0.3, 0.4) is 0 Å². The van der Waals surface area contributed by atoms with Crippen LogP contribution in [0.15, 0.2) is 12.3 Å². The second-order valence-corrected chi connectivity index (χ2v) is 4.29. The normalized spacial score (nSPS) is 9.95. The highest BCUT2D eigenvalue weighted by atomic mass is 16.5. The maximum Gasteiger partial charge on any atom is 0.340 e. The summed E-state index contributed by atoms with van der Waals surface area (Å²) in [4.78, 5) is 28.9. The third-order valence-electron chi connectivity index (χ3n) is 2.69. The maximum absolute atomic E-state index is 11.7. The van der Waals surface area contributed by atoms with Gasteiger partial charge in [0.1, 0.15) is 0 Å². The summed E-state index contributed by atoms with van der Waals surface area (Å²) in [5.41, 5.74) is 6.33. The lowest BCUT2D eigenvalue weighted by molar-refractivity contribution is -0.119. The average molecular weight is 280 g/mol. The molecule has 0 aliphatic rings. The number of hydrogen-bond donors (Lipinski definition) is 2. The van der Waals surface area contributed by atoms with E-state index in [1.165, 1.54) is 19.4 Å². The summed E-state index contributed by atoms with van der Waals surface area (Å²) in [6.45, 7) is 2.71. The lowest BCUT2D eigenvalue weighted by Crippen LogP contribution is -2.36. The van der Waals surface area contributed by atoms with Crippen LogP contribution in [0.1, 0.15) is 23.7 Å². The molecule has 0 aliphatic carbocycles. The Morgan fingerprint density at radius 1 is 1.50 bits per heavy atom. The molecule has 1 aromatic heterocycles. The fourth-order valence-electron chi connectivity index (χ4n) is 1.66. The quantitative estimate of drug-likeness (QED) is 0.733. The molecule has 0 bridgehead atoms. The Bertz CT molecular complexity index is 491. The highest BCUT2D eigenvalue weighted by Crippen LogP contribution is 2.23. The fourth-order valence-corrected chi connectivity index (χ4v) is 1.66. The zero-order valence-electron chi connectivity index (χ0n) is 12.0. The van der Waals surface area contributed by atoms with E-state index in [0.29, 0.717) is 12.4 Å². The molecule has 0 radical (unpaired) electrons. The van der Waals surface area contributed by atoms with Crippen molar-refractivity contribution < 1.29 is 14.3 Å². The number of nitrogens with one attached hydrogen (secondary N) is 1. The predicted octanol–water partition coefficient (Wildman–Crippen LogP) is 0.413. The number of esters is 1. The molecule has 7 nitrogen and oxygen atoms in total. The Morgan fingerprint density at radius 2 is 2.20 bits per heavy atom. The second kappa shape index (κ2) is 7.32. The molecule has 3 N–H and O–H groups in total. The maximum atomic E-state index is 11.7. The van der Waals surface area contributed by atoms with Gasteiger partial charge in [-0.15, -0.1) is 0 Å². The molecule has 0 fully saturated rings. The number of nitrogens with zero attached hydrogens (tertiary/aromatic N) is 2. The van der Waals surface area contributed by atoms with Crippen molar-refractivity contribution in [3.63, 3.8) is 0 Å². The number of likely N-dealkylation sites (N-methyl/N-ethyl adjacent to an activating group) is 1. The number of carbonyl (C=O) groups excluding carboxylic acids is 2. The van der Waals surface area contributed by atoms with Crippen molar-refractivity contribution in [2.24, 2.45) is 0 Å². The number of pyridine rings is 1. The highest BCUT2D eigenvalue weighted by molar-refractivity contribution is 5.98. The van der Waals surface area contributed by atoms with Gasteiger partial charge in [0.2, 0.25) is 5.91 Å². The lowest BCUT2D eigenvalue weighted by Gasteiger charge is -2.20. The molecule has 0 aliphatic heterocycles. The van der Waals surface area contributed by atoms with Gasteiger partial charge in [-0.25, -0.2) is 9.78 Å². The molecule has 1 aromatic rings. The number of anilines is 2. The minimum absolute atomic E-state index is 0.113. The first-order valence-electron chi connectivity index (χ1n) is 6.31. The van der Waals surface area contributed by atoms with Gasteiger partial charge in [-0.2, -0.15) is 0 Å². The summed E-state index contributed by atoms with van der Waals surface area (Å²) in [6.07, 6.45) is 2.33. The largest absolute Gasteiger partial charge is 0.465 e. The van der Waals surface area contributed by atoms with Crippen LogP contribution in [0, 0.1) is 0 Å². The van der Waals surface area contributed by atoms with Gasteiger partial charge in [0, 0.05) is 19.8 Å². The van der Waals surface area contributed by atoms with E-state index in [-0.39, 0.29) is 23.7 Å². The van der Waals surface area contributed by atoms with E-state index in [1.807, 2.05) is 6.92 Å². The highest BCUT2D eigenvalue weighted by Gasteiger charge is 2.17. The zero-order valence-corrected chi connectivity index (χ0v) is 12.0. The van der Waals surface area contributed by atoms with Gasteiger partial charge >= 0.3 is 5.97 Å². The van der Waals surface area contributed by atoms with Gasteiger partial charge in [-0.1, -0.05) is 6.92 Å². The van der Waals surface area contributed by atoms with Crippen LogP contribution in [0.4, 0.5) is 11.5 Å². The van der Waals surface area contributed by atoms with Gasteiger partial charge in [-0.05, 0) is 12.5 Å². The number of methoxy groups -OCH3 is 1. The summed E-state index contributed by atoms with van der Waals surface area (Å²) >= 11 is 0. The number of rotatable bonds is 6. The molecular formula is C13H20N4O3. The molecule has 0 saturated carbocycles. The molecule has 7 heteroatoms. The van der Waals surface area contributed by atoms with Crippen molar-refractivity contribution >= 4 is 23.4 Å². The van der Waals surface area contributed by atoms with Crippen LogP contribution in [0.5, 0.6) is 0 Å². The summed E-state index contributed by atoms with van der Waals surface area (Å²) in [5.74, 6) is -0.284. The molecule has 0 saturated heterocycles. The van der Waals surface area contributed by atoms with Crippen LogP contribution in [0.25, 0.3) is 0 Å². The smallest absolute Gasteiger partial charge is 0.340 e. The third kappa shape index (κ3) is 3.84. The molecule has 0 spiro atoms. The van der Waals surface area contributed by atoms with E-state index in [4.69, 9.17) is 5.73 Å². The van der Waals surface area contributed by atoms with Crippen LogP contribution in [-0.4, -0.2) is 44.1 Å². The summed E-state index contributed by atoms with van der Waals surface area (Å²) in [6, 6.07) is 1.48. The van der Waals surface area contributed by atoms with Gasteiger partial charge in [0.05, 0.1) is 24.9 Å². The van der Waals surface area contributed by atoms with Crippen molar-refractivity contribution in [2.45, 2.75) is 13.3 Å². The first-order chi connectivity index (χ1) is 9.51. The molecule has 0 aromatic carbocycles. The van der Waals surface area contributed by atoms with Crippen LogP contribution in [-0.2, 0) is 9.53 Å². The standard InChI is InChI=1S/C13H20N4O3/c1-4-6-15-10(18)8-17(2)12-11(14)9(5-7-16-12)13(19)20-3/h5,7H,4,6,8,14H2,1-3H3,(H,15,18). The number of ether oxygens (including phenoxy) is 1. The van der Waals surface area contributed by atoms with E-state index in [2.05, 4.69) is 15.0 Å². The average Bonchev–Trinajstić information content (AvgIpc) is 2.44. The van der Waals surface area contributed by atoms with Crippen molar-refractivity contribution in [1.29, 1.82) is 0 Å². The number of nitrogens with two attached hydrogens (primary N) is 1. The number of aromatic nitrogens is 1. The molecule has 0 atom stereocenters. The topological polar surface area (TPSA) is 97.5 Å². The monoisotopic (exact) mass is 280 g/mol. The zero-order chi connectivity index (χ0) is 15.1. The van der Waals surface area contributed by atoms with Crippen molar-refractivity contribution in [1.82, 2.24) is 10.3 Å². The molecule has 110 valence electrons. The predicted molar refractivity (Wildman–Crippen MR) is 76.6 cm³/mol. The van der Waals surface area contributed by atoms with Gasteiger partial charge in [0.25, 0.3) is 0 Å². The first-order valence-corrected chi connectivity index (χ1v) is 6.31. The Kier molecular flexibility index (Phi) is 5.76. The molecule has 1 amide bonds. The van der Waals surface area contributed by atoms with E-state index >= 15 is 0 Å². The summed E-state index contributed by atoms with van der Waals surface area (Å²) in [7, 11) is 2.97. The van der Waals surface area contributed by atoms with E-state index in [1.54, 1.807) is 11.9 Å². The Labute approximate surface area is 118 Å². The molecule has 1 heterocycles. The van der Waals surface area contributed by atoms with E-state index in [9.17, 15) is 9.59 Å². The number of nitrogen functional groups attached to an aromatic ring is 1. The van der Waals surface area contributed by atoms with Gasteiger partial charge in [0.15, 0.2) is 5.82 Å². The van der Waals surface area contributed by atoms with Crippen LogP contribution >= 0.6 is 0 Å². The lowest BCUT2D eigenvalue weighted by atomic mass is 10.2. The first kappa shape index (κ1) is 15.7. The number of hydrogen-bond acceptors (Lipinski definition) is 6. The fraction of sp³-hybridized carbons (Fsp3) is 0.462. The Morgan fingerprint density at radius 3 is 2.80 bits per heavy atom. The van der Waals surface area contributed by atoms with Gasteiger partial charge < -0.3 is 20.7 Å². The molecular weight excluding hydrogens is 260 g/mol. The minimum atomic E-state index is -0.532. The van der Waals surface area contributed by atoms with Crippen molar-refractivity contribution in [3.05, 3.63) is 17.8 Å². The minimum Gasteiger partial charge on any atom is -0.465 e. The van der Waals surface area contributed by atoms with Gasteiger partial charge in [-0.3, -0.25) is 4.79 Å². The molecule has 20 heavy (non-hydrogen) atoms. The SMILES string of the molecule is CCCNC(=O)CN(C)c1nccc(C(=O)OC)c1N. The molecule has 0 unspecified atom stereocenters. The summed E-state index contributed by atoms with van der Waals surface area (Å²) < 4.78 is 4.64. The van der Waals surface area contributed by atoms with E-state index in [0.717, 1.165) is 6.42 Å². The van der Waals surface area contributed by atoms with Crippen LogP contribution in [0.2, 0.25) is 0 Å². The summed E-state index contributed by atoms with van der Waals surface area (Å²) in [5, 5.41) is 2.76. The number of amides is 1. The number of carbonyl (C=O) groups is 2. The van der Waals surface area contributed by atoms with E-state index < -0.39 is 5.97 Å². The Hall–Kier alpha value is -2.31. The molecule has 1 rings (SSSR count). The Balaban J connectivity index is 2.85.